The first-order chi connectivity index (χ1) is 10.3. The lowest BCUT2D eigenvalue weighted by Gasteiger charge is -1.99. The van der Waals surface area contributed by atoms with Crippen LogP contribution in [-0.2, 0) is 12.7 Å². The SMILES string of the molecule is Cc1cc(C)c2oc(NCc3cnc(C(F)(F)F)s3)nc2c1. The second kappa shape index (κ2) is 5.28. The molecule has 2 aromatic heterocycles. The minimum absolute atomic E-state index is 0.179. The summed E-state index contributed by atoms with van der Waals surface area (Å²) in [5.74, 6) is 0. The lowest BCUT2D eigenvalue weighted by molar-refractivity contribution is -0.137. The van der Waals surface area contributed by atoms with Crippen LogP contribution in [0.4, 0.5) is 19.2 Å². The highest BCUT2D eigenvalue weighted by atomic mass is 32.1. The minimum atomic E-state index is -4.41. The van der Waals surface area contributed by atoms with Gasteiger partial charge in [0.25, 0.3) is 6.01 Å². The number of thiazole rings is 1. The molecule has 0 radical (unpaired) electrons. The van der Waals surface area contributed by atoms with Crippen molar-refractivity contribution in [3.8, 4) is 0 Å². The number of rotatable bonds is 3. The summed E-state index contributed by atoms with van der Waals surface area (Å²) in [4.78, 5) is 8.12. The average molecular weight is 327 g/mol. The first-order valence-electron chi connectivity index (χ1n) is 6.46. The van der Waals surface area contributed by atoms with E-state index in [0.717, 1.165) is 16.6 Å². The van der Waals surface area contributed by atoms with Gasteiger partial charge in [-0.05, 0) is 31.0 Å². The van der Waals surface area contributed by atoms with Crippen LogP contribution in [0, 0.1) is 13.8 Å². The van der Waals surface area contributed by atoms with Crippen LogP contribution in [0.1, 0.15) is 21.0 Å². The Morgan fingerprint density at radius 2 is 2.05 bits per heavy atom. The molecule has 4 nitrogen and oxygen atoms in total. The number of halogens is 3. The van der Waals surface area contributed by atoms with Crippen LogP contribution in [-0.4, -0.2) is 9.97 Å². The molecule has 0 saturated heterocycles. The smallest absolute Gasteiger partial charge is 0.423 e. The fraction of sp³-hybridized carbons (Fsp3) is 0.286. The van der Waals surface area contributed by atoms with E-state index in [9.17, 15) is 13.2 Å². The van der Waals surface area contributed by atoms with Gasteiger partial charge in [0.15, 0.2) is 10.6 Å². The quantitative estimate of drug-likeness (QED) is 0.768. The largest absolute Gasteiger partial charge is 0.443 e. The van der Waals surface area contributed by atoms with Crippen LogP contribution in [0.25, 0.3) is 11.1 Å². The Morgan fingerprint density at radius 1 is 1.27 bits per heavy atom. The molecule has 0 unspecified atom stereocenters. The van der Waals surface area contributed by atoms with Gasteiger partial charge in [-0.25, -0.2) is 4.98 Å². The summed E-state index contributed by atoms with van der Waals surface area (Å²) in [7, 11) is 0. The van der Waals surface area contributed by atoms with Crippen LogP contribution >= 0.6 is 11.3 Å². The zero-order chi connectivity index (χ0) is 15.9. The van der Waals surface area contributed by atoms with E-state index < -0.39 is 11.2 Å². The van der Waals surface area contributed by atoms with Crippen molar-refractivity contribution in [1.82, 2.24) is 9.97 Å². The Kier molecular flexibility index (Phi) is 3.56. The first-order valence-corrected chi connectivity index (χ1v) is 7.28. The van der Waals surface area contributed by atoms with E-state index in [-0.39, 0.29) is 12.6 Å². The highest BCUT2D eigenvalue weighted by Gasteiger charge is 2.34. The number of nitrogens with one attached hydrogen (secondary N) is 1. The summed E-state index contributed by atoms with van der Waals surface area (Å²) >= 11 is 0.603. The molecular formula is C14H12F3N3OS. The van der Waals surface area contributed by atoms with Crippen LogP contribution in [0.15, 0.2) is 22.7 Å². The van der Waals surface area contributed by atoms with Crippen LogP contribution in [0.2, 0.25) is 0 Å². The third-order valence-electron chi connectivity index (χ3n) is 3.03. The van der Waals surface area contributed by atoms with Crippen molar-refractivity contribution in [3.63, 3.8) is 0 Å². The maximum Gasteiger partial charge on any atom is 0.443 e. The lowest BCUT2D eigenvalue weighted by Crippen LogP contribution is -2.03. The normalized spacial score (nSPS) is 12.0. The summed E-state index contributed by atoms with van der Waals surface area (Å²) in [6.45, 7) is 4.06. The number of aromatic nitrogens is 2. The van der Waals surface area contributed by atoms with E-state index >= 15 is 0 Å². The predicted octanol–water partition coefficient (Wildman–Crippen LogP) is 4.53. The van der Waals surface area contributed by atoms with Crippen molar-refractivity contribution in [3.05, 3.63) is 39.3 Å². The molecule has 0 amide bonds. The molecule has 116 valence electrons. The molecule has 3 aromatic rings. The molecule has 8 heteroatoms. The molecular weight excluding hydrogens is 315 g/mol. The van der Waals surface area contributed by atoms with Crippen molar-refractivity contribution in [1.29, 1.82) is 0 Å². The summed E-state index contributed by atoms with van der Waals surface area (Å²) in [6.07, 6.45) is -3.20. The van der Waals surface area contributed by atoms with E-state index in [1.54, 1.807) is 0 Å². The molecule has 0 fully saturated rings. The molecule has 2 heterocycles. The van der Waals surface area contributed by atoms with Gasteiger partial charge in [-0.3, -0.25) is 0 Å². The molecule has 0 spiro atoms. The van der Waals surface area contributed by atoms with E-state index in [1.165, 1.54) is 6.20 Å². The van der Waals surface area contributed by atoms with Crippen LogP contribution in [0.3, 0.4) is 0 Å². The van der Waals surface area contributed by atoms with Crippen molar-refractivity contribution in [2.75, 3.05) is 5.32 Å². The van der Waals surface area contributed by atoms with Crippen molar-refractivity contribution in [2.24, 2.45) is 0 Å². The van der Waals surface area contributed by atoms with Gasteiger partial charge in [0.05, 0.1) is 6.54 Å². The van der Waals surface area contributed by atoms with E-state index in [4.69, 9.17) is 4.42 Å². The number of fused-ring (bicyclic) bond motifs is 1. The number of benzene rings is 1. The fourth-order valence-electron chi connectivity index (χ4n) is 2.14. The Morgan fingerprint density at radius 3 is 2.73 bits per heavy atom. The van der Waals surface area contributed by atoms with Gasteiger partial charge in [0.1, 0.15) is 5.52 Å². The van der Waals surface area contributed by atoms with Gasteiger partial charge in [-0.1, -0.05) is 6.07 Å². The molecule has 0 bridgehead atoms. The zero-order valence-corrected chi connectivity index (χ0v) is 12.6. The Balaban J connectivity index is 1.77. The number of hydrogen-bond donors (Lipinski definition) is 1. The standard InChI is InChI=1S/C14H12F3N3OS/c1-7-3-8(2)11-10(4-7)20-13(21-11)19-6-9-5-18-12(22-9)14(15,16)17/h3-5H,6H2,1-2H3,(H,19,20). The number of oxazole rings is 1. The molecule has 0 aliphatic heterocycles. The summed E-state index contributed by atoms with van der Waals surface area (Å²) < 4.78 is 43.0. The third kappa shape index (κ3) is 2.92. The molecule has 0 atom stereocenters. The second-order valence-electron chi connectivity index (χ2n) is 4.93. The molecule has 0 saturated carbocycles. The summed E-state index contributed by atoms with van der Waals surface area (Å²) in [5.41, 5.74) is 3.43. The van der Waals surface area contributed by atoms with Gasteiger partial charge in [0, 0.05) is 11.1 Å². The van der Waals surface area contributed by atoms with Crippen LogP contribution < -0.4 is 5.32 Å². The van der Waals surface area contributed by atoms with Gasteiger partial charge in [-0.2, -0.15) is 18.2 Å². The number of anilines is 1. The van der Waals surface area contributed by atoms with Gasteiger partial charge in [-0.15, -0.1) is 11.3 Å². The fourth-order valence-corrected chi connectivity index (χ4v) is 2.85. The molecule has 22 heavy (non-hydrogen) atoms. The van der Waals surface area contributed by atoms with E-state index in [0.29, 0.717) is 21.8 Å². The summed E-state index contributed by atoms with van der Waals surface area (Å²) in [5, 5.41) is 2.03. The number of hydrogen-bond acceptors (Lipinski definition) is 5. The number of aryl methyl sites for hydroxylation is 2. The maximum atomic E-state index is 12.5. The van der Waals surface area contributed by atoms with Crippen molar-refractivity contribution >= 4 is 28.5 Å². The van der Waals surface area contributed by atoms with Crippen LogP contribution in [0.5, 0.6) is 0 Å². The van der Waals surface area contributed by atoms with E-state index in [1.807, 2.05) is 26.0 Å². The summed E-state index contributed by atoms with van der Waals surface area (Å²) in [6, 6.07) is 4.16. The monoisotopic (exact) mass is 327 g/mol. The Labute approximate surface area is 128 Å². The first kappa shape index (κ1) is 14.8. The molecule has 0 aliphatic rings. The van der Waals surface area contributed by atoms with Crippen molar-refractivity contribution < 1.29 is 17.6 Å². The zero-order valence-electron chi connectivity index (χ0n) is 11.8. The Bertz CT molecular complexity index is 822. The molecule has 0 aliphatic carbocycles. The second-order valence-corrected chi connectivity index (χ2v) is 6.05. The highest BCUT2D eigenvalue weighted by Crippen LogP contribution is 2.32. The predicted molar refractivity (Wildman–Crippen MR) is 77.9 cm³/mol. The maximum absolute atomic E-state index is 12.5. The van der Waals surface area contributed by atoms with E-state index in [2.05, 4.69) is 15.3 Å². The minimum Gasteiger partial charge on any atom is -0.423 e. The highest BCUT2D eigenvalue weighted by molar-refractivity contribution is 7.11. The molecule has 1 aromatic carbocycles. The number of nitrogens with zero attached hydrogens (tertiary/aromatic N) is 2. The number of alkyl halides is 3. The van der Waals surface area contributed by atoms with Gasteiger partial charge in [0.2, 0.25) is 0 Å². The third-order valence-corrected chi connectivity index (χ3v) is 4.07. The average Bonchev–Trinajstić information content (AvgIpc) is 3.01. The molecule has 3 rings (SSSR count). The van der Waals surface area contributed by atoms with Gasteiger partial charge < -0.3 is 9.73 Å². The molecule has 1 N–H and O–H groups in total. The lowest BCUT2D eigenvalue weighted by atomic mass is 10.1. The van der Waals surface area contributed by atoms with Gasteiger partial charge >= 0.3 is 6.18 Å². The topological polar surface area (TPSA) is 51.0 Å². The Hall–Kier alpha value is -2.09. The van der Waals surface area contributed by atoms with Crippen molar-refractivity contribution in [2.45, 2.75) is 26.6 Å².